The minimum atomic E-state index is -3.40. The van der Waals surface area contributed by atoms with E-state index in [-0.39, 0.29) is 5.75 Å². The third-order valence-corrected chi connectivity index (χ3v) is 5.79. The Morgan fingerprint density at radius 3 is 2.46 bits per heavy atom. The summed E-state index contributed by atoms with van der Waals surface area (Å²) in [4.78, 5) is 4.32. The second-order valence-electron chi connectivity index (χ2n) is 6.89. The lowest BCUT2D eigenvalue weighted by Gasteiger charge is -2.11. The summed E-state index contributed by atoms with van der Waals surface area (Å²) in [7, 11) is -3.40. The van der Waals surface area contributed by atoms with E-state index in [0.29, 0.717) is 17.9 Å². The van der Waals surface area contributed by atoms with Crippen molar-refractivity contribution in [1.29, 1.82) is 0 Å². The maximum absolute atomic E-state index is 12.3. The van der Waals surface area contributed by atoms with E-state index in [1.54, 1.807) is 12.1 Å². The van der Waals surface area contributed by atoms with Crippen LogP contribution in [0.1, 0.15) is 23.1 Å². The van der Waals surface area contributed by atoms with E-state index in [9.17, 15) is 8.42 Å². The Labute approximate surface area is 166 Å². The fourth-order valence-electron chi connectivity index (χ4n) is 2.88. The van der Waals surface area contributed by atoms with Crippen LogP contribution in [0.15, 0.2) is 66.9 Å². The highest BCUT2D eigenvalue weighted by Gasteiger charge is 2.11. The number of nitrogens with zero attached hydrogens (tertiary/aromatic N) is 1. The molecule has 0 saturated carbocycles. The van der Waals surface area contributed by atoms with Gasteiger partial charge in [0.25, 0.3) is 0 Å². The van der Waals surface area contributed by atoms with E-state index < -0.39 is 10.0 Å². The fourth-order valence-corrected chi connectivity index (χ4v) is 3.98. The van der Waals surface area contributed by atoms with Gasteiger partial charge in [0.05, 0.1) is 17.6 Å². The van der Waals surface area contributed by atoms with Crippen LogP contribution >= 0.6 is 0 Å². The van der Waals surface area contributed by atoms with Gasteiger partial charge in [0.2, 0.25) is 10.0 Å². The zero-order valence-corrected chi connectivity index (χ0v) is 17.0. The van der Waals surface area contributed by atoms with Crippen molar-refractivity contribution in [3.8, 4) is 0 Å². The van der Waals surface area contributed by atoms with E-state index in [1.807, 2.05) is 44.2 Å². The molecule has 3 aromatic rings. The van der Waals surface area contributed by atoms with Crippen LogP contribution in [0.25, 0.3) is 0 Å². The monoisotopic (exact) mass is 395 g/mol. The number of sulfonamides is 1. The van der Waals surface area contributed by atoms with Gasteiger partial charge in [-0.3, -0.25) is 4.72 Å². The average Bonchev–Trinajstić information content (AvgIpc) is 2.67. The molecule has 0 aliphatic carbocycles. The summed E-state index contributed by atoms with van der Waals surface area (Å²) in [5, 5.41) is 3.27. The Bertz CT molecular complexity index is 1020. The van der Waals surface area contributed by atoms with Gasteiger partial charge in [0.1, 0.15) is 5.82 Å². The molecule has 0 saturated heterocycles. The third kappa shape index (κ3) is 5.82. The first-order valence-corrected chi connectivity index (χ1v) is 10.9. The molecule has 146 valence electrons. The van der Waals surface area contributed by atoms with Gasteiger partial charge in [-0.1, -0.05) is 42.5 Å². The van der Waals surface area contributed by atoms with Crippen molar-refractivity contribution in [2.24, 2.45) is 0 Å². The van der Waals surface area contributed by atoms with Gasteiger partial charge in [-0.25, -0.2) is 13.4 Å². The van der Waals surface area contributed by atoms with Crippen LogP contribution in [0.2, 0.25) is 0 Å². The summed E-state index contributed by atoms with van der Waals surface area (Å²) in [5.41, 5.74) is 4.87. The van der Waals surface area contributed by atoms with Crippen LogP contribution in [0.5, 0.6) is 0 Å². The molecular formula is C22H25N3O2S. The lowest BCUT2D eigenvalue weighted by atomic mass is 10.1. The number of nitrogens with one attached hydrogen (secondary N) is 2. The smallest absolute Gasteiger partial charge is 0.232 e. The normalized spacial score (nSPS) is 11.2. The second-order valence-corrected chi connectivity index (χ2v) is 8.73. The predicted molar refractivity (Wildman–Crippen MR) is 116 cm³/mol. The molecule has 1 heterocycles. The number of hydrogen-bond donors (Lipinski definition) is 2. The highest BCUT2D eigenvalue weighted by Crippen LogP contribution is 2.21. The molecule has 0 fully saturated rings. The first-order valence-electron chi connectivity index (χ1n) is 9.26. The molecule has 0 bridgehead atoms. The quantitative estimate of drug-likeness (QED) is 0.574. The van der Waals surface area contributed by atoms with Gasteiger partial charge in [-0.15, -0.1) is 0 Å². The van der Waals surface area contributed by atoms with Gasteiger partial charge in [-0.2, -0.15) is 0 Å². The van der Waals surface area contributed by atoms with Crippen LogP contribution in [-0.2, 0) is 16.4 Å². The van der Waals surface area contributed by atoms with E-state index in [1.165, 1.54) is 6.20 Å². The Morgan fingerprint density at radius 2 is 1.75 bits per heavy atom. The van der Waals surface area contributed by atoms with Crippen LogP contribution < -0.4 is 10.0 Å². The Hall–Kier alpha value is -2.86. The van der Waals surface area contributed by atoms with Gasteiger partial charge in [0.15, 0.2) is 0 Å². The molecular weight excluding hydrogens is 370 g/mol. The molecule has 0 unspecified atom stereocenters. The standard InChI is InChI=1S/C22H25N3O2S/c1-17-10-11-18(2)21(15-17)24-22-13-12-20(16-23-22)25-28(26,27)14-6-9-19-7-4-3-5-8-19/h3-5,7-8,10-13,15-16,25H,6,9,14H2,1-2H3,(H,23,24). The van der Waals surface area contributed by atoms with Gasteiger partial charge >= 0.3 is 0 Å². The maximum atomic E-state index is 12.3. The van der Waals surface area contributed by atoms with Crippen LogP contribution in [0.3, 0.4) is 0 Å². The molecule has 1 aromatic heterocycles. The summed E-state index contributed by atoms with van der Waals surface area (Å²) < 4.78 is 27.2. The Kier molecular flexibility index (Phi) is 6.31. The van der Waals surface area contributed by atoms with Crippen molar-refractivity contribution >= 4 is 27.2 Å². The van der Waals surface area contributed by atoms with Crippen molar-refractivity contribution in [3.05, 3.63) is 83.6 Å². The fraction of sp³-hybridized carbons (Fsp3) is 0.227. The molecule has 2 aromatic carbocycles. The largest absolute Gasteiger partial charge is 0.340 e. The number of benzene rings is 2. The summed E-state index contributed by atoms with van der Waals surface area (Å²) in [5.74, 6) is 0.741. The first kappa shape index (κ1) is 19.9. The molecule has 6 heteroatoms. The molecule has 5 nitrogen and oxygen atoms in total. The summed E-state index contributed by atoms with van der Waals surface area (Å²) in [6.07, 6.45) is 2.83. The molecule has 0 atom stereocenters. The van der Waals surface area contributed by atoms with Crippen LogP contribution in [-0.4, -0.2) is 19.2 Å². The molecule has 0 aliphatic heterocycles. The second kappa shape index (κ2) is 8.89. The summed E-state index contributed by atoms with van der Waals surface area (Å²) in [6.45, 7) is 4.06. The van der Waals surface area contributed by atoms with Crippen LogP contribution in [0, 0.1) is 13.8 Å². The Morgan fingerprint density at radius 1 is 0.964 bits per heavy atom. The van der Waals surface area contributed by atoms with Gasteiger partial charge in [-0.05, 0) is 61.6 Å². The molecule has 0 aliphatic rings. The molecule has 0 amide bonds. The van der Waals surface area contributed by atoms with Crippen molar-refractivity contribution in [2.45, 2.75) is 26.7 Å². The highest BCUT2D eigenvalue weighted by molar-refractivity contribution is 7.92. The highest BCUT2D eigenvalue weighted by atomic mass is 32.2. The third-order valence-electron chi connectivity index (χ3n) is 4.41. The van der Waals surface area contributed by atoms with Crippen molar-refractivity contribution in [2.75, 3.05) is 15.8 Å². The number of aromatic nitrogens is 1. The summed E-state index contributed by atoms with van der Waals surface area (Å²) >= 11 is 0. The van der Waals surface area contributed by atoms with E-state index in [4.69, 9.17) is 0 Å². The van der Waals surface area contributed by atoms with E-state index >= 15 is 0 Å². The van der Waals surface area contributed by atoms with Crippen molar-refractivity contribution in [3.63, 3.8) is 0 Å². The van der Waals surface area contributed by atoms with E-state index in [0.717, 1.165) is 28.8 Å². The lowest BCUT2D eigenvalue weighted by Crippen LogP contribution is -2.17. The molecule has 0 radical (unpaired) electrons. The van der Waals surface area contributed by atoms with Gasteiger partial charge < -0.3 is 5.32 Å². The topological polar surface area (TPSA) is 71.1 Å². The predicted octanol–water partition coefficient (Wildman–Crippen LogP) is 4.82. The minimum Gasteiger partial charge on any atom is -0.340 e. The molecule has 2 N–H and O–H groups in total. The number of anilines is 3. The number of aryl methyl sites for hydroxylation is 3. The molecule has 0 spiro atoms. The van der Waals surface area contributed by atoms with Crippen molar-refractivity contribution in [1.82, 2.24) is 4.98 Å². The summed E-state index contributed by atoms with van der Waals surface area (Å²) in [6, 6.07) is 19.5. The van der Waals surface area contributed by atoms with Gasteiger partial charge in [0, 0.05) is 5.69 Å². The first-order chi connectivity index (χ1) is 13.4. The number of hydrogen-bond acceptors (Lipinski definition) is 4. The number of rotatable bonds is 8. The molecule has 3 rings (SSSR count). The maximum Gasteiger partial charge on any atom is 0.232 e. The minimum absolute atomic E-state index is 0.0738. The number of pyridine rings is 1. The zero-order chi connectivity index (χ0) is 20.0. The van der Waals surface area contributed by atoms with E-state index in [2.05, 4.69) is 33.2 Å². The van der Waals surface area contributed by atoms with Crippen LogP contribution in [0.4, 0.5) is 17.2 Å². The average molecular weight is 396 g/mol. The zero-order valence-electron chi connectivity index (χ0n) is 16.1. The lowest BCUT2D eigenvalue weighted by molar-refractivity contribution is 0.598. The molecule has 28 heavy (non-hydrogen) atoms. The Balaban J connectivity index is 1.56. The SMILES string of the molecule is Cc1ccc(C)c(Nc2ccc(NS(=O)(=O)CCCc3ccccc3)cn2)c1. The van der Waals surface area contributed by atoms with Crippen molar-refractivity contribution < 1.29 is 8.42 Å².